The molecule has 2 rings (SSSR count). The largest absolute Gasteiger partial charge is 0.307 e. The van der Waals surface area contributed by atoms with Crippen molar-refractivity contribution in [3.63, 3.8) is 0 Å². The van der Waals surface area contributed by atoms with Crippen LogP contribution in [-0.2, 0) is 9.59 Å². The van der Waals surface area contributed by atoms with E-state index in [1.54, 1.807) is 4.90 Å². The Morgan fingerprint density at radius 2 is 1.89 bits per heavy atom. The van der Waals surface area contributed by atoms with Crippen molar-refractivity contribution in [3.05, 3.63) is 11.8 Å². The van der Waals surface area contributed by atoms with Gasteiger partial charge in [-0.25, -0.2) is 0 Å². The molecule has 3 heteroatoms. The Kier molecular flexibility index (Phi) is 4.78. The molecule has 0 atom stereocenters. The predicted octanol–water partition coefficient (Wildman–Crippen LogP) is 3.44. The number of allylic oxidation sites excluding steroid dienone is 2. The van der Waals surface area contributed by atoms with E-state index in [2.05, 4.69) is 0 Å². The molecule has 0 aliphatic heterocycles. The molecule has 1 saturated carbocycles. The molecule has 1 fully saturated rings. The fraction of sp³-hybridized carbons (Fsp3) is 0.750. The maximum atomic E-state index is 12.7. The molecule has 0 heterocycles. The number of ketones is 1. The van der Waals surface area contributed by atoms with Crippen LogP contribution in [0.3, 0.4) is 0 Å². The van der Waals surface area contributed by atoms with Crippen molar-refractivity contribution in [1.29, 1.82) is 0 Å². The highest BCUT2D eigenvalue weighted by atomic mass is 16.2. The normalized spacial score (nSPS) is 21.4. The molecule has 2 aliphatic carbocycles. The summed E-state index contributed by atoms with van der Waals surface area (Å²) in [6, 6.07) is 0.0720. The summed E-state index contributed by atoms with van der Waals surface area (Å²) in [6.07, 6.45) is 9.92. The van der Waals surface area contributed by atoms with E-state index >= 15 is 0 Å². The van der Waals surface area contributed by atoms with Crippen LogP contribution in [-0.4, -0.2) is 22.6 Å². The molecule has 0 bridgehead atoms. The van der Waals surface area contributed by atoms with E-state index < -0.39 is 0 Å². The summed E-state index contributed by atoms with van der Waals surface area (Å²) in [6.45, 7) is 4.01. The fourth-order valence-corrected chi connectivity index (χ4v) is 3.17. The number of carbonyl (C=O) groups is 2. The summed E-state index contributed by atoms with van der Waals surface area (Å²) in [5.41, 5.74) is 0.664. The van der Waals surface area contributed by atoms with Crippen molar-refractivity contribution < 1.29 is 9.59 Å². The minimum absolute atomic E-state index is 0.0720. The van der Waals surface area contributed by atoms with Crippen molar-refractivity contribution >= 4 is 11.7 Å². The van der Waals surface area contributed by atoms with Crippen LogP contribution in [0.25, 0.3) is 0 Å². The molecule has 0 aromatic carbocycles. The van der Waals surface area contributed by atoms with Gasteiger partial charge in [0.15, 0.2) is 5.78 Å². The minimum Gasteiger partial charge on any atom is -0.307 e. The lowest BCUT2D eigenvalue weighted by Gasteiger charge is -2.34. The Hall–Kier alpha value is -1.12. The molecular formula is C16H25NO2. The van der Waals surface area contributed by atoms with Gasteiger partial charge in [0.1, 0.15) is 0 Å². The first kappa shape index (κ1) is 14.3. The van der Waals surface area contributed by atoms with E-state index in [0.717, 1.165) is 38.5 Å². The first-order valence-corrected chi connectivity index (χ1v) is 7.67. The number of rotatable bonds is 3. The van der Waals surface area contributed by atoms with E-state index in [-0.39, 0.29) is 23.7 Å². The van der Waals surface area contributed by atoms with E-state index in [0.29, 0.717) is 12.1 Å². The van der Waals surface area contributed by atoms with Crippen LogP contribution in [0.15, 0.2) is 11.8 Å². The molecule has 0 N–H and O–H groups in total. The third-order valence-electron chi connectivity index (χ3n) is 4.20. The van der Waals surface area contributed by atoms with Gasteiger partial charge in [-0.3, -0.25) is 9.59 Å². The van der Waals surface area contributed by atoms with Gasteiger partial charge in [-0.05, 0) is 39.5 Å². The van der Waals surface area contributed by atoms with Gasteiger partial charge in [0.05, 0.1) is 5.70 Å². The maximum Gasteiger partial charge on any atom is 0.230 e. The second kappa shape index (κ2) is 6.36. The van der Waals surface area contributed by atoms with Gasteiger partial charge in [-0.15, -0.1) is 0 Å². The molecule has 1 amide bonds. The zero-order valence-electron chi connectivity index (χ0n) is 12.2. The molecule has 3 nitrogen and oxygen atoms in total. The summed E-state index contributed by atoms with van der Waals surface area (Å²) in [7, 11) is 0. The van der Waals surface area contributed by atoms with Crippen molar-refractivity contribution in [1.82, 2.24) is 4.90 Å². The van der Waals surface area contributed by atoms with E-state index in [1.165, 1.54) is 6.42 Å². The van der Waals surface area contributed by atoms with Crippen molar-refractivity contribution in [3.8, 4) is 0 Å². The Bertz CT molecular complexity index is 378. The lowest BCUT2D eigenvalue weighted by molar-refractivity contribution is -0.138. The number of hydrogen-bond donors (Lipinski definition) is 0. The molecule has 0 saturated heterocycles. The Labute approximate surface area is 116 Å². The molecule has 0 spiro atoms. The smallest absolute Gasteiger partial charge is 0.230 e. The Morgan fingerprint density at radius 3 is 2.47 bits per heavy atom. The third kappa shape index (κ3) is 3.26. The van der Waals surface area contributed by atoms with Crippen LogP contribution in [0.4, 0.5) is 0 Å². The maximum absolute atomic E-state index is 12.7. The van der Waals surface area contributed by atoms with Crippen molar-refractivity contribution in [2.24, 2.45) is 5.92 Å². The van der Waals surface area contributed by atoms with Gasteiger partial charge in [-0.1, -0.05) is 25.3 Å². The molecule has 0 radical (unpaired) electrons. The SMILES string of the molecule is CC(C)N(C(=O)C1CCCCC1)C1=CCCCC1=O. The summed E-state index contributed by atoms with van der Waals surface area (Å²) in [4.78, 5) is 26.6. The van der Waals surface area contributed by atoms with Crippen LogP contribution in [0, 0.1) is 5.92 Å². The first-order chi connectivity index (χ1) is 9.11. The van der Waals surface area contributed by atoms with Crippen LogP contribution in [0.1, 0.15) is 65.2 Å². The summed E-state index contributed by atoms with van der Waals surface area (Å²) in [5, 5.41) is 0. The number of Topliss-reactive ketones (excluding diaryl/α,β-unsaturated/α-hetero) is 1. The number of hydrogen-bond acceptors (Lipinski definition) is 2. The van der Waals surface area contributed by atoms with Crippen LogP contribution < -0.4 is 0 Å². The van der Waals surface area contributed by atoms with Crippen molar-refractivity contribution in [2.75, 3.05) is 0 Å². The fourth-order valence-electron chi connectivity index (χ4n) is 3.17. The highest BCUT2D eigenvalue weighted by molar-refractivity contribution is 6.00. The average Bonchev–Trinajstić information content (AvgIpc) is 2.42. The first-order valence-electron chi connectivity index (χ1n) is 7.67. The van der Waals surface area contributed by atoms with Crippen LogP contribution in [0.5, 0.6) is 0 Å². The minimum atomic E-state index is 0.0720. The quantitative estimate of drug-likeness (QED) is 0.782. The zero-order chi connectivity index (χ0) is 13.8. The van der Waals surface area contributed by atoms with Gasteiger partial charge in [0, 0.05) is 18.4 Å². The number of carbonyl (C=O) groups excluding carboxylic acids is 2. The molecular weight excluding hydrogens is 238 g/mol. The standard InChI is InChI=1S/C16H25NO2/c1-12(2)17(14-10-6-7-11-15(14)18)16(19)13-8-4-3-5-9-13/h10,12-13H,3-9,11H2,1-2H3. The summed E-state index contributed by atoms with van der Waals surface area (Å²) < 4.78 is 0. The van der Waals surface area contributed by atoms with E-state index in [4.69, 9.17) is 0 Å². The lowest BCUT2D eigenvalue weighted by atomic mass is 9.87. The predicted molar refractivity (Wildman–Crippen MR) is 75.5 cm³/mol. The molecule has 0 aromatic heterocycles. The second-order valence-corrected chi connectivity index (χ2v) is 6.04. The monoisotopic (exact) mass is 263 g/mol. The molecule has 106 valence electrons. The number of nitrogens with zero attached hydrogens (tertiary/aromatic N) is 1. The number of amides is 1. The average molecular weight is 263 g/mol. The third-order valence-corrected chi connectivity index (χ3v) is 4.20. The highest BCUT2D eigenvalue weighted by Gasteiger charge is 2.32. The highest BCUT2D eigenvalue weighted by Crippen LogP contribution is 2.29. The molecule has 2 aliphatic rings. The van der Waals surface area contributed by atoms with Gasteiger partial charge in [-0.2, -0.15) is 0 Å². The summed E-state index contributed by atoms with van der Waals surface area (Å²) in [5.74, 6) is 0.451. The van der Waals surface area contributed by atoms with Crippen LogP contribution in [0.2, 0.25) is 0 Å². The molecule has 0 unspecified atom stereocenters. The second-order valence-electron chi connectivity index (χ2n) is 6.04. The summed E-state index contributed by atoms with van der Waals surface area (Å²) >= 11 is 0. The van der Waals surface area contributed by atoms with Crippen LogP contribution >= 0.6 is 0 Å². The topological polar surface area (TPSA) is 37.4 Å². The van der Waals surface area contributed by atoms with Gasteiger partial charge >= 0.3 is 0 Å². The Balaban J connectivity index is 2.17. The van der Waals surface area contributed by atoms with Gasteiger partial charge in [0.25, 0.3) is 0 Å². The van der Waals surface area contributed by atoms with E-state index in [9.17, 15) is 9.59 Å². The molecule has 19 heavy (non-hydrogen) atoms. The van der Waals surface area contributed by atoms with Gasteiger partial charge < -0.3 is 4.90 Å². The van der Waals surface area contributed by atoms with Gasteiger partial charge in [0.2, 0.25) is 5.91 Å². The Morgan fingerprint density at radius 1 is 1.21 bits per heavy atom. The van der Waals surface area contributed by atoms with E-state index in [1.807, 2.05) is 19.9 Å². The van der Waals surface area contributed by atoms with Crippen molar-refractivity contribution in [2.45, 2.75) is 71.3 Å². The molecule has 0 aromatic rings. The lowest BCUT2D eigenvalue weighted by Crippen LogP contribution is -2.43. The zero-order valence-corrected chi connectivity index (χ0v) is 12.2.